The number of alkyl halides is 3. The Morgan fingerprint density at radius 1 is 1.21 bits per heavy atom. The lowest BCUT2D eigenvalue weighted by molar-refractivity contribution is -0.153. The molecule has 0 amide bonds. The number of aromatic nitrogens is 1. The van der Waals surface area contributed by atoms with Crippen LogP contribution in [0.25, 0.3) is 0 Å². The highest BCUT2D eigenvalue weighted by atomic mass is 32.1. The number of hydrogen-bond donors (Lipinski definition) is 2. The first kappa shape index (κ1) is 21.8. The van der Waals surface area contributed by atoms with Crippen LogP contribution >= 0.6 is 11.3 Å². The van der Waals surface area contributed by atoms with Gasteiger partial charge in [0.2, 0.25) is 0 Å². The number of rotatable bonds is 8. The van der Waals surface area contributed by atoms with Gasteiger partial charge in [-0.15, -0.1) is 11.3 Å². The zero-order chi connectivity index (χ0) is 20.6. The van der Waals surface area contributed by atoms with Crippen LogP contribution in [0.4, 0.5) is 18.3 Å². The van der Waals surface area contributed by atoms with Gasteiger partial charge in [0.25, 0.3) is 0 Å². The Hall–Kier alpha value is -2.49. The monoisotopic (exact) mass is 415 g/mol. The maximum Gasteiger partial charge on any atom is 0.422 e. The highest BCUT2D eigenvalue weighted by Gasteiger charge is 2.28. The molecule has 6 nitrogen and oxygen atoms in total. The molecule has 0 spiro atoms. The normalized spacial score (nSPS) is 12.0. The molecule has 0 aliphatic heterocycles. The van der Waals surface area contributed by atoms with Gasteiger partial charge < -0.3 is 20.3 Å². The van der Waals surface area contributed by atoms with E-state index < -0.39 is 12.8 Å². The molecule has 0 atom stereocenters. The van der Waals surface area contributed by atoms with Gasteiger partial charge in [-0.1, -0.05) is 12.1 Å². The van der Waals surface area contributed by atoms with Crippen LogP contribution < -0.4 is 20.3 Å². The number of benzene rings is 1. The molecule has 0 aliphatic carbocycles. The van der Waals surface area contributed by atoms with Gasteiger partial charge in [-0.05, 0) is 24.6 Å². The number of nitrogens with zero attached hydrogens (tertiary/aromatic N) is 3. The molecule has 1 aromatic heterocycles. The first-order valence-corrected chi connectivity index (χ1v) is 9.57. The molecule has 1 heterocycles. The molecule has 2 aromatic rings. The second-order valence-corrected chi connectivity index (χ2v) is 6.95. The quantitative estimate of drug-likeness (QED) is 0.511. The van der Waals surface area contributed by atoms with Crippen LogP contribution in [0.5, 0.6) is 5.75 Å². The van der Waals surface area contributed by atoms with Crippen LogP contribution in [0.15, 0.2) is 34.6 Å². The van der Waals surface area contributed by atoms with Gasteiger partial charge in [0.1, 0.15) is 5.75 Å². The number of thiazole rings is 1. The van der Waals surface area contributed by atoms with E-state index in [2.05, 4.69) is 20.6 Å². The third kappa shape index (κ3) is 7.63. The maximum atomic E-state index is 12.2. The fraction of sp³-hybridized carbons (Fsp3) is 0.444. The third-order valence-corrected chi connectivity index (χ3v) is 4.51. The summed E-state index contributed by atoms with van der Waals surface area (Å²) in [6.45, 7) is 2.30. The van der Waals surface area contributed by atoms with E-state index in [1.54, 1.807) is 23.5 Å². The van der Waals surface area contributed by atoms with Gasteiger partial charge >= 0.3 is 6.18 Å². The first-order chi connectivity index (χ1) is 13.3. The van der Waals surface area contributed by atoms with E-state index in [1.165, 1.54) is 12.1 Å². The van der Waals surface area contributed by atoms with Crippen molar-refractivity contribution in [1.82, 2.24) is 15.6 Å². The number of hydrogen-bond acceptors (Lipinski definition) is 5. The SMILES string of the molecule is CCNC(=NCc1ccc(OCC(F)(F)F)cc1)NCc1csc(N(C)C)n1. The van der Waals surface area contributed by atoms with E-state index in [4.69, 9.17) is 4.74 Å². The van der Waals surface area contributed by atoms with Gasteiger partial charge in [-0.25, -0.2) is 9.98 Å². The largest absolute Gasteiger partial charge is 0.484 e. The molecule has 0 radical (unpaired) electrons. The van der Waals surface area contributed by atoms with E-state index in [1.807, 2.05) is 31.3 Å². The van der Waals surface area contributed by atoms with Crippen LogP contribution in [0.3, 0.4) is 0 Å². The Bertz CT molecular complexity index is 759. The zero-order valence-electron chi connectivity index (χ0n) is 16.0. The lowest BCUT2D eigenvalue weighted by atomic mass is 10.2. The Kier molecular flexibility index (Phi) is 7.91. The Labute approximate surface area is 166 Å². The van der Waals surface area contributed by atoms with Crippen LogP contribution in [0, 0.1) is 0 Å². The molecule has 10 heteroatoms. The highest BCUT2D eigenvalue weighted by Crippen LogP contribution is 2.19. The van der Waals surface area contributed by atoms with E-state index in [0.29, 0.717) is 25.6 Å². The van der Waals surface area contributed by atoms with Crippen LogP contribution in [0.1, 0.15) is 18.2 Å². The number of nitrogens with one attached hydrogen (secondary N) is 2. The van der Waals surface area contributed by atoms with Crippen molar-refractivity contribution in [3.63, 3.8) is 0 Å². The summed E-state index contributed by atoms with van der Waals surface area (Å²) in [5.74, 6) is 0.814. The minimum Gasteiger partial charge on any atom is -0.484 e. The lowest BCUT2D eigenvalue weighted by Crippen LogP contribution is -2.36. The molecular weight excluding hydrogens is 391 g/mol. The molecule has 0 aliphatic rings. The van der Waals surface area contributed by atoms with Crippen molar-refractivity contribution in [2.24, 2.45) is 4.99 Å². The lowest BCUT2D eigenvalue weighted by Gasteiger charge is -2.11. The Morgan fingerprint density at radius 3 is 2.50 bits per heavy atom. The zero-order valence-corrected chi connectivity index (χ0v) is 16.8. The number of guanidine groups is 1. The average Bonchev–Trinajstić information content (AvgIpc) is 3.12. The van der Waals surface area contributed by atoms with E-state index in [-0.39, 0.29) is 5.75 Å². The van der Waals surface area contributed by atoms with Crippen molar-refractivity contribution in [2.75, 3.05) is 32.1 Å². The van der Waals surface area contributed by atoms with Crippen LogP contribution in [-0.4, -0.2) is 44.4 Å². The molecule has 0 unspecified atom stereocenters. The molecule has 154 valence electrons. The molecule has 0 bridgehead atoms. The van der Waals surface area contributed by atoms with Crippen molar-refractivity contribution in [3.8, 4) is 5.75 Å². The van der Waals surface area contributed by atoms with E-state index >= 15 is 0 Å². The number of aliphatic imine (C=N–C) groups is 1. The van der Waals surface area contributed by atoms with Crippen molar-refractivity contribution >= 4 is 22.4 Å². The molecule has 2 N–H and O–H groups in total. The second kappa shape index (κ2) is 10.2. The minimum atomic E-state index is -4.35. The smallest absolute Gasteiger partial charge is 0.422 e. The third-order valence-electron chi connectivity index (χ3n) is 3.45. The fourth-order valence-corrected chi connectivity index (χ4v) is 2.88. The topological polar surface area (TPSA) is 61.8 Å². The molecule has 2 rings (SSSR count). The summed E-state index contributed by atoms with van der Waals surface area (Å²) in [4.78, 5) is 11.0. The van der Waals surface area contributed by atoms with Gasteiger partial charge in [0.15, 0.2) is 17.7 Å². The van der Waals surface area contributed by atoms with Crippen molar-refractivity contribution < 1.29 is 17.9 Å². The summed E-state index contributed by atoms with van der Waals surface area (Å²) in [6, 6.07) is 6.41. The predicted octanol–water partition coefficient (Wildman–Crippen LogP) is 3.41. The Morgan fingerprint density at radius 2 is 1.93 bits per heavy atom. The van der Waals surface area contributed by atoms with Crippen LogP contribution in [0.2, 0.25) is 0 Å². The summed E-state index contributed by atoms with van der Waals surface area (Å²) in [7, 11) is 3.89. The fourth-order valence-electron chi connectivity index (χ4n) is 2.13. The summed E-state index contributed by atoms with van der Waals surface area (Å²) in [6.07, 6.45) is -4.35. The highest BCUT2D eigenvalue weighted by molar-refractivity contribution is 7.13. The predicted molar refractivity (Wildman–Crippen MR) is 106 cm³/mol. The second-order valence-electron chi connectivity index (χ2n) is 6.11. The molecular formula is C18H24F3N5OS. The van der Waals surface area contributed by atoms with Crippen molar-refractivity contribution in [3.05, 3.63) is 40.9 Å². The van der Waals surface area contributed by atoms with E-state index in [9.17, 15) is 13.2 Å². The molecule has 0 saturated carbocycles. The maximum absolute atomic E-state index is 12.2. The van der Waals surface area contributed by atoms with Gasteiger partial charge in [0, 0.05) is 26.0 Å². The first-order valence-electron chi connectivity index (χ1n) is 8.69. The van der Waals surface area contributed by atoms with Crippen molar-refractivity contribution in [2.45, 2.75) is 26.2 Å². The minimum absolute atomic E-state index is 0.176. The summed E-state index contributed by atoms with van der Waals surface area (Å²) in [5.41, 5.74) is 1.78. The number of ether oxygens (including phenoxy) is 1. The van der Waals surface area contributed by atoms with Crippen LogP contribution in [-0.2, 0) is 13.1 Å². The van der Waals surface area contributed by atoms with Gasteiger partial charge in [0.05, 0.1) is 18.8 Å². The summed E-state index contributed by atoms with van der Waals surface area (Å²) in [5, 5.41) is 9.31. The number of halogens is 3. The number of anilines is 1. The molecule has 28 heavy (non-hydrogen) atoms. The molecule has 1 aromatic carbocycles. The summed E-state index contributed by atoms with van der Waals surface area (Å²) >= 11 is 1.57. The van der Waals surface area contributed by atoms with Gasteiger partial charge in [-0.3, -0.25) is 0 Å². The summed E-state index contributed by atoms with van der Waals surface area (Å²) < 4.78 is 41.2. The van der Waals surface area contributed by atoms with Gasteiger partial charge in [-0.2, -0.15) is 13.2 Å². The molecule has 0 fully saturated rings. The molecule has 0 saturated heterocycles. The van der Waals surface area contributed by atoms with Crippen molar-refractivity contribution in [1.29, 1.82) is 0 Å². The Balaban J connectivity index is 1.90. The van der Waals surface area contributed by atoms with E-state index in [0.717, 1.165) is 16.4 Å². The average molecular weight is 415 g/mol. The standard InChI is InChI=1S/C18H24F3N5OS/c1-4-22-16(24-10-14-11-28-17(25-14)26(2)3)23-9-13-5-7-15(8-6-13)27-12-18(19,20)21/h5-8,11H,4,9-10,12H2,1-3H3,(H2,22,23,24).